The second-order valence-corrected chi connectivity index (χ2v) is 4.03. The van der Waals surface area contributed by atoms with Crippen LogP contribution in [0.4, 0.5) is 0 Å². The first-order valence-corrected chi connectivity index (χ1v) is 5.60. The molecule has 88 valence electrons. The van der Waals surface area contributed by atoms with Crippen LogP contribution in [-0.4, -0.2) is 12.1 Å². The molecule has 0 aliphatic heterocycles. The van der Waals surface area contributed by atoms with E-state index in [9.17, 15) is 0 Å². The lowest BCUT2D eigenvalue weighted by Gasteiger charge is -2.07. The molecule has 0 atom stereocenters. The van der Waals surface area contributed by atoms with Gasteiger partial charge in [0.15, 0.2) is 0 Å². The van der Waals surface area contributed by atoms with Gasteiger partial charge >= 0.3 is 0 Å². The molecule has 0 spiro atoms. The minimum absolute atomic E-state index is 0.421. The maximum Gasteiger partial charge on any atom is 0.137 e. The summed E-state index contributed by atoms with van der Waals surface area (Å²) in [6, 6.07) is 7.69. The van der Waals surface area contributed by atoms with E-state index in [2.05, 4.69) is 4.98 Å². The summed E-state index contributed by atoms with van der Waals surface area (Å²) in [6.07, 6.45) is 3.45. The summed E-state index contributed by atoms with van der Waals surface area (Å²) in [6.45, 7) is 0.421. The molecule has 0 bridgehead atoms. The van der Waals surface area contributed by atoms with Crippen molar-refractivity contribution in [1.82, 2.24) is 4.98 Å². The van der Waals surface area contributed by atoms with Gasteiger partial charge in [-0.1, -0.05) is 17.7 Å². The predicted octanol–water partition coefficient (Wildman–Crippen LogP) is 2.87. The highest BCUT2D eigenvalue weighted by atomic mass is 35.5. The summed E-state index contributed by atoms with van der Waals surface area (Å²) < 4.78 is 5.14. The molecular weight excluding hydrogens is 236 g/mol. The van der Waals surface area contributed by atoms with Gasteiger partial charge in [0.25, 0.3) is 0 Å². The fraction of sp³-hybridized carbons (Fsp3) is 0.154. The third kappa shape index (κ3) is 2.57. The van der Waals surface area contributed by atoms with E-state index >= 15 is 0 Å². The Kier molecular flexibility index (Phi) is 3.61. The number of pyridine rings is 1. The first kappa shape index (κ1) is 11.9. The van der Waals surface area contributed by atoms with Crippen LogP contribution in [0.2, 0.25) is 5.02 Å². The third-order valence-electron chi connectivity index (χ3n) is 2.55. The average molecular weight is 249 g/mol. The van der Waals surface area contributed by atoms with Gasteiger partial charge < -0.3 is 10.5 Å². The number of benzene rings is 1. The lowest BCUT2D eigenvalue weighted by molar-refractivity contribution is 0.413. The SMILES string of the molecule is COc1cncc(-c2ccc(Cl)c(CN)c2)c1. The fourth-order valence-corrected chi connectivity index (χ4v) is 1.79. The first-order chi connectivity index (χ1) is 8.24. The van der Waals surface area contributed by atoms with Crippen LogP contribution in [0, 0.1) is 0 Å². The number of halogens is 1. The smallest absolute Gasteiger partial charge is 0.137 e. The number of ether oxygens (including phenoxy) is 1. The van der Waals surface area contributed by atoms with Gasteiger partial charge in [0.2, 0.25) is 0 Å². The maximum atomic E-state index is 6.02. The van der Waals surface area contributed by atoms with E-state index in [1.54, 1.807) is 19.5 Å². The van der Waals surface area contributed by atoms with Crippen LogP contribution in [0.5, 0.6) is 5.75 Å². The molecule has 17 heavy (non-hydrogen) atoms. The highest BCUT2D eigenvalue weighted by Crippen LogP contribution is 2.26. The Morgan fingerprint density at radius 1 is 1.24 bits per heavy atom. The second-order valence-electron chi connectivity index (χ2n) is 3.62. The molecule has 2 aromatic rings. The number of aromatic nitrogens is 1. The number of hydrogen-bond donors (Lipinski definition) is 1. The van der Waals surface area contributed by atoms with Gasteiger partial charge in [-0.05, 0) is 29.3 Å². The first-order valence-electron chi connectivity index (χ1n) is 5.22. The standard InChI is InChI=1S/C13H13ClN2O/c1-17-12-5-11(7-16-8-12)9-2-3-13(14)10(4-9)6-15/h2-5,7-8H,6,15H2,1H3. The molecule has 0 aliphatic rings. The minimum atomic E-state index is 0.421. The highest BCUT2D eigenvalue weighted by Gasteiger charge is 2.04. The summed E-state index contributed by atoms with van der Waals surface area (Å²) in [5.74, 6) is 0.728. The molecule has 0 unspecified atom stereocenters. The Labute approximate surface area is 105 Å². The summed E-state index contributed by atoms with van der Waals surface area (Å²) in [5.41, 5.74) is 8.56. The van der Waals surface area contributed by atoms with Crippen LogP contribution in [-0.2, 0) is 6.54 Å². The van der Waals surface area contributed by atoms with Crippen LogP contribution in [0.3, 0.4) is 0 Å². The second kappa shape index (κ2) is 5.17. The number of rotatable bonds is 3. The monoisotopic (exact) mass is 248 g/mol. The van der Waals surface area contributed by atoms with Gasteiger partial charge in [-0.25, -0.2) is 0 Å². The third-order valence-corrected chi connectivity index (χ3v) is 2.92. The highest BCUT2D eigenvalue weighted by molar-refractivity contribution is 6.31. The lowest BCUT2D eigenvalue weighted by Crippen LogP contribution is -1.97. The van der Waals surface area contributed by atoms with Gasteiger partial charge in [-0.2, -0.15) is 0 Å². The van der Waals surface area contributed by atoms with E-state index in [0.717, 1.165) is 22.4 Å². The molecule has 2 rings (SSSR count). The van der Waals surface area contributed by atoms with Crippen LogP contribution in [0.1, 0.15) is 5.56 Å². The van der Waals surface area contributed by atoms with E-state index in [-0.39, 0.29) is 0 Å². The Morgan fingerprint density at radius 2 is 2.06 bits per heavy atom. The van der Waals surface area contributed by atoms with Gasteiger partial charge in [-0.3, -0.25) is 4.98 Å². The van der Waals surface area contributed by atoms with Gasteiger partial charge in [0, 0.05) is 23.3 Å². The van der Waals surface area contributed by atoms with E-state index in [4.69, 9.17) is 22.1 Å². The topological polar surface area (TPSA) is 48.1 Å². The normalized spacial score (nSPS) is 10.3. The zero-order valence-corrected chi connectivity index (χ0v) is 10.2. The molecule has 2 N–H and O–H groups in total. The number of hydrogen-bond acceptors (Lipinski definition) is 3. The van der Waals surface area contributed by atoms with E-state index < -0.39 is 0 Å². The van der Waals surface area contributed by atoms with E-state index in [1.165, 1.54) is 0 Å². The minimum Gasteiger partial charge on any atom is -0.495 e. The Balaban J connectivity index is 2.45. The Hall–Kier alpha value is -1.58. The number of nitrogens with two attached hydrogens (primary N) is 1. The van der Waals surface area contributed by atoms with Crippen molar-refractivity contribution in [3.63, 3.8) is 0 Å². The predicted molar refractivity (Wildman–Crippen MR) is 69.1 cm³/mol. The van der Waals surface area contributed by atoms with Crippen LogP contribution in [0.25, 0.3) is 11.1 Å². The summed E-state index contributed by atoms with van der Waals surface area (Å²) in [5, 5.41) is 0.687. The summed E-state index contributed by atoms with van der Waals surface area (Å²) in [4.78, 5) is 4.12. The largest absolute Gasteiger partial charge is 0.495 e. The van der Waals surface area contributed by atoms with Gasteiger partial charge in [0.05, 0.1) is 13.3 Å². The summed E-state index contributed by atoms with van der Waals surface area (Å²) in [7, 11) is 1.62. The molecule has 0 aliphatic carbocycles. The van der Waals surface area contributed by atoms with Crippen LogP contribution in [0.15, 0.2) is 36.7 Å². The molecule has 1 aromatic carbocycles. The van der Waals surface area contributed by atoms with Gasteiger partial charge in [-0.15, -0.1) is 0 Å². The van der Waals surface area contributed by atoms with Crippen molar-refractivity contribution >= 4 is 11.6 Å². The van der Waals surface area contributed by atoms with Crippen molar-refractivity contribution in [2.75, 3.05) is 7.11 Å². The quantitative estimate of drug-likeness (QED) is 0.909. The molecule has 4 heteroatoms. The van der Waals surface area contributed by atoms with Crippen molar-refractivity contribution in [1.29, 1.82) is 0 Å². The van der Waals surface area contributed by atoms with Crippen molar-refractivity contribution in [3.8, 4) is 16.9 Å². The Bertz CT molecular complexity index is 529. The number of methoxy groups -OCH3 is 1. The molecule has 0 radical (unpaired) electrons. The van der Waals surface area contributed by atoms with Crippen molar-refractivity contribution < 1.29 is 4.74 Å². The van der Waals surface area contributed by atoms with Crippen LogP contribution < -0.4 is 10.5 Å². The molecule has 1 heterocycles. The van der Waals surface area contributed by atoms with Gasteiger partial charge in [0.1, 0.15) is 5.75 Å². The van der Waals surface area contributed by atoms with Crippen molar-refractivity contribution in [2.45, 2.75) is 6.54 Å². The molecule has 3 nitrogen and oxygen atoms in total. The Morgan fingerprint density at radius 3 is 2.76 bits per heavy atom. The molecular formula is C13H13ClN2O. The van der Waals surface area contributed by atoms with Crippen molar-refractivity contribution in [3.05, 3.63) is 47.2 Å². The van der Waals surface area contributed by atoms with E-state index in [0.29, 0.717) is 11.6 Å². The zero-order valence-electron chi connectivity index (χ0n) is 9.48. The lowest BCUT2D eigenvalue weighted by atomic mass is 10.0. The molecule has 0 saturated carbocycles. The van der Waals surface area contributed by atoms with Crippen LogP contribution >= 0.6 is 11.6 Å². The fourth-order valence-electron chi connectivity index (χ4n) is 1.60. The molecule has 0 saturated heterocycles. The molecule has 1 aromatic heterocycles. The molecule has 0 fully saturated rings. The van der Waals surface area contributed by atoms with E-state index in [1.807, 2.05) is 24.3 Å². The maximum absolute atomic E-state index is 6.02. The summed E-state index contributed by atoms with van der Waals surface area (Å²) >= 11 is 6.02. The zero-order chi connectivity index (χ0) is 12.3. The molecule has 0 amide bonds. The van der Waals surface area contributed by atoms with Crippen molar-refractivity contribution in [2.24, 2.45) is 5.73 Å². The average Bonchev–Trinajstić information content (AvgIpc) is 2.39. The number of nitrogens with zero attached hydrogens (tertiary/aromatic N) is 1.